The number of nitrogens with one attached hydrogen (secondary N) is 1. The van der Waals surface area contributed by atoms with E-state index in [0.717, 1.165) is 0 Å². The van der Waals surface area contributed by atoms with E-state index in [1.54, 1.807) is 0 Å². The van der Waals surface area contributed by atoms with Crippen LogP contribution in [0.4, 0.5) is 0 Å². The Bertz CT molecular complexity index is 285. The van der Waals surface area contributed by atoms with Crippen LogP contribution in [0.15, 0.2) is 12.7 Å². The smallest absolute Gasteiger partial charge is 0.480 e. The number of carboxylic acid groups (broad SMARTS) is 1. The molecule has 0 saturated heterocycles. The summed E-state index contributed by atoms with van der Waals surface area (Å²) < 4.78 is 23.2. The van der Waals surface area contributed by atoms with E-state index < -0.39 is 29.9 Å². The van der Waals surface area contributed by atoms with Crippen LogP contribution in [0.1, 0.15) is 0 Å². The van der Waals surface area contributed by atoms with Crippen molar-refractivity contribution < 1.29 is 33.4 Å². The molecule has 0 saturated carbocycles. The minimum Gasteiger partial charge on any atom is -0.480 e. The SMILES string of the molecule is C=CCS(=O)(=O)NCC(=O)O.OB(O)O. The van der Waals surface area contributed by atoms with Crippen molar-refractivity contribution in [2.45, 2.75) is 0 Å². The Balaban J connectivity index is 0. The van der Waals surface area contributed by atoms with Crippen LogP contribution in [-0.4, -0.2) is 54.2 Å². The molecule has 0 aliphatic rings. The largest absolute Gasteiger partial charge is 0.631 e. The van der Waals surface area contributed by atoms with E-state index in [0.29, 0.717) is 0 Å². The van der Waals surface area contributed by atoms with Crippen molar-refractivity contribution in [2.24, 2.45) is 0 Å². The van der Waals surface area contributed by atoms with E-state index >= 15 is 0 Å². The van der Waals surface area contributed by atoms with Gasteiger partial charge >= 0.3 is 13.3 Å². The van der Waals surface area contributed by atoms with Crippen LogP contribution in [0.3, 0.4) is 0 Å². The first-order valence-electron chi connectivity index (χ1n) is 3.55. The average molecular weight is 241 g/mol. The van der Waals surface area contributed by atoms with Crippen LogP contribution < -0.4 is 4.72 Å². The highest BCUT2D eigenvalue weighted by atomic mass is 32.2. The zero-order valence-corrected chi connectivity index (χ0v) is 8.51. The molecule has 0 fully saturated rings. The molecular formula is C5H12BNO7S. The molecule has 0 aromatic heterocycles. The molecule has 0 spiro atoms. The van der Waals surface area contributed by atoms with E-state index in [2.05, 4.69) is 6.58 Å². The van der Waals surface area contributed by atoms with E-state index in [1.165, 1.54) is 6.08 Å². The lowest BCUT2D eigenvalue weighted by molar-refractivity contribution is -0.135. The number of hydrogen-bond acceptors (Lipinski definition) is 6. The second-order valence-electron chi connectivity index (χ2n) is 2.13. The first-order valence-corrected chi connectivity index (χ1v) is 5.20. The third-order valence-corrected chi connectivity index (χ3v) is 2.04. The van der Waals surface area contributed by atoms with Crippen molar-refractivity contribution in [1.29, 1.82) is 0 Å². The van der Waals surface area contributed by atoms with Gasteiger partial charge in [0.1, 0.15) is 6.54 Å². The molecule has 0 amide bonds. The van der Waals surface area contributed by atoms with E-state index in [-0.39, 0.29) is 5.75 Å². The van der Waals surface area contributed by atoms with E-state index in [4.69, 9.17) is 20.2 Å². The summed E-state index contributed by atoms with van der Waals surface area (Å²) >= 11 is 0. The average Bonchev–Trinajstić information content (AvgIpc) is 2.00. The zero-order valence-electron chi connectivity index (χ0n) is 7.70. The molecular weight excluding hydrogens is 229 g/mol. The number of carboxylic acids is 1. The molecule has 0 aromatic rings. The lowest BCUT2D eigenvalue weighted by Crippen LogP contribution is -2.30. The fourth-order valence-corrected chi connectivity index (χ4v) is 1.16. The molecule has 0 rings (SSSR count). The van der Waals surface area contributed by atoms with Gasteiger partial charge < -0.3 is 20.2 Å². The van der Waals surface area contributed by atoms with Gasteiger partial charge in [0.25, 0.3) is 0 Å². The molecule has 8 nitrogen and oxygen atoms in total. The van der Waals surface area contributed by atoms with Gasteiger partial charge in [0.2, 0.25) is 10.0 Å². The number of rotatable bonds is 5. The highest BCUT2D eigenvalue weighted by Crippen LogP contribution is 1.82. The van der Waals surface area contributed by atoms with Crippen molar-refractivity contribution >= 4 is 23.3 Å². The summed E-state index contributed by atoms with van der Waals surface area (Å²) in [6.07, 6.45) is 1.18. The lowest BCUT2D eigenvalue weighted by Gasteiger charge is -1.99. The van der Waals surface area contributed by atoms with Gasteiger partial charge in [-0.1, -0.05) is 6.08 Å². The minimum absolute atomic E-state index is 0.264. The van der Waals surface area contributed by atoms with Crippen molar-refractivity contribution in [3.63, 3.8) is 0 Å². The van der Waals surface area contributed by atoms with Crippen LogP contribution in [0.2, 0.25) is 0 Å². The zero-order chi connectivity index (χ0) is 12.5. The Morgan fingerprint density at radius 1 is 1.40 bits per heavy atom. The van der Waals surface area contributed by atoms with Gasteiger partial charge in [-0.3, -0.25) is 4.79 Å². The Labute approximate surface area is 87.1 Å². The summed E-state index contributed by atoms with van der Waals surface area (Å²) in [4.78, 5) is 9.90. The fourth-order valence-electron chi connectivity index (χ4n) is 0.386. The third kappa shape index (κ3) is 19.5. The molecule has 15 heavy (non-hydrogen) atoms. The van der Waals surface area contributed by atoms with Crippen LogP contribution in [0.5, 0.6) is 0 Å². The molecule has 10 heteroatoms. The number of aliphatic carboxylic acids is 1. The van der Waals surface area contributed by atoms with Crippen molar-refractivity contribution in [2.75, 3.05) is 12.3 Å². The summed E-state index contributed by atoms with van der Waals surface area (Å²) in [6, 6.07) is 0. The van der Waals surface area contributed by atoms with Gasteiger partial charge in [0.05, 0.1) is 5.75 Å². The molecule has 0 aliphatic heterocycles. The fraction of sp³-hybridized carbons (Fsp3) is 0.400. The van der Waals surface area contributed by atoms with Crippen molar-refractivity contribution in [3.05, 3.63) is 12.7 Å². The molecule has 0 bridgehead atoms. The topological polar surface area (TPSA) is 144 Å². The second-order valence-corrected chi connectivity index (χ2v) is 3.98. The normalized spacial score (nSPS) is 9.80. The number of hydrogen-bond donors (Lipinski definition) is 5. The molecule has 0 aliphatic carbocycles. The Morgan fingerprint density at radius 2 is 1.80 bits per heavy atom. The van der Waals surface area contributed by atoms with Gasteiger partial charge in [-0.2, -0.15) is 0 Å². The Morgan fingerprint density at radius 3 is 2.07 bits per heavy atom. The number of carbonyl (C=O) groups is 1. The van der Waals surface area contributed by atoms with Crippen molar-refractivity contribution in [1.82, 2.24) is 4.72 Å². The molecule has 88 valence electrons. The second kappa shape index (κ2) is 8.38. The van der Waals surface area contributed by atoms with Gasteiger partial charge in [-0.15, -0.1) is 6.58 Å². The van der Waals surface area contributed by atoms with E-state index in [9.17, 15) is 13.2 Å². The molecule has 0 radical (unpaired) electrons. The number of sulfonamides is 1. The predicted molar refractivity (Wildman–Crippen MR) is 52.0 cm³/mol. The van der Waals surface area contributed by atoms with Gasteiger partial charge in [-0.05, 0) is 0 Å². The lowest BCUT2D eigenvalue weighted by atomic mass is 10.3. The van der Waals surface area contributed by atoms with Crippen LogP contribution in [0.25, 0.3) is 0 Å². The molecule has 0 atom stereocenters. The molecule has 0 heterocycles. The summed E-state index contributed by atoms with van der Waals surface area (Å²) in [6.45, 7) is 2.62. The Kier molecular flexibility index (Phi) is 9.21. The highest BCUT2D eigenvalue weighted by Gasteiger charge is 2.08. The summed E-state index contributed by atoms with van der Waals surface area (Å²) in [7, 11) is -5.64. The maximum atomic E-state index is 10.7. The summed E-state index contributed by atoms with van der Waals surface area (Å²) in [5.41, 5.74) is 0. The maximum Gasteiger partial charge on any atom is 0.631 e. The van der Waals surface area contributed by atoms with E-state index in [1.807, 2.05) is 4.72 Å². The van der Waals surface area contributed by atoms with Crippen LogP contribution in [0, 0.1) is 0 Å². The first-order chi connectivity index (χ1) is 6.71. The van der Waals surface area contributed by atoms with Crippen molar-refractivity contribution in [3.8, 4) is 0 Å². The van der Waals surface area contributed by atoms with Crippen LogP contribution in [-0.2, 0) is 14.8 Å². The Hall–Kier alpha value is -0.935. The standard InChI is InChI=1S/C5H9NO4S.BH3O3/c1-2-3-11(9,10)6-4-5(7)8;2-1(3)4/h2,6H,1,3-4H2,(H,7,8);2-4H. The highest BCUT2D eigenvalue weighted by molar-refractivity contribution is 7.89. The van der Waals surface area contributed by atoms with Gasteiger partial charge in [0.15, 0.2) is 0 Å². The third-order valence-electron chi connectivity index (χ3n) is 0.781. The summed E-state index contributed by atoms with van der Waals surface area (Å²) in [5.74, 6) is -1.47. The monoisotopic (exact) mass is 241 g/mol. The van der Waals surface area contributed by atoms with Crippen LogP contribution >= 0.6 is 0 Å². The molecule has 0 unspecified atom stereocenters. The molecule has 0 aromatic carbocycles. The van der Waals surface area contributed by atoms with Gasteiger partial charge in [0, 0.05) is 0 Å². The van der Waals surface area contributed by atoms with Gasteiger partial charge in [-0.25, -0.2) is 13.1 Å². The summed E-state index contributed by atoms with van der Waals surface area (Å²) in [5, 5.41) is 29.6. The quantitative estimate of drug-likeness (QED) is 0.257. The predicted octanol–water partition coefficient (Wildman–Crippen LogP) is -2.88. The minimum atomic E-state index is -3.48. The first kappa shape index (κ1) is 16.5. The maximum absolute atomic E-state index is 10.7. The molecule has 5 N–H and O–H groups in total.